The third-order valence-corrected chi connectivity index (χ3v) is 6.18. The SMILES string of the molecule is CCC(=O)NCCN1C(=O)[C@H](C)Oc2cc(C)c(C(=O)N(C(C)C)[C@@H]3CCCNC3)cc21. The van der Waals surface area contributed by atoms with Crippen LogP contribution in [0.25, 0.3) is 0 Å². The first-order valence-corrected chi connectivity index (χ1v) is 11.7. The molecule has 32 heavy (non-hydrogen) atoms. The van der Waals surface area contributed by atoms with Crippen molar-refractivity contribution in [1.29, 1.82) is 0 Å². The van der Waals surface area contributed by atoms with Gasteiger partial charge in [0.2, 0.25) is 5.91 Å². The van der Waals surface area contributed by atoms with Gasteiger partial charge in [-0.1, -0.05) is 6.92 Å². The van der Waals surface area contributed by atoms with Crippen LogP contribution in [0, 0.1) is 6.92 Å². The van der Waals surface area contributed by atoms with Gasteiger partial charge in [0.1, 0.15) is 5.75 Å². The van der Waals surface area contributed by atoms with Crippen molar-refractivity contribution < 1.29 is 19.1 Å². The van der Waals surface area contributed by atoms with Crippen molar-refractivity contribution in [3.63, 3.8) is 0 Å². The summed E-state index contributed by atoms with van der Waals surface area (Å²) in [6, 6.07) is 3.83. The Hall–Kier alpha value is -2.61. The zero-order valence-corrected chi connectivity index (χ0v) is 19.9. The molecule has 0 unspecified atom stereocenters. The van der Waals surface area contributed by atoms with Crippen LogP contribution in [0.1, 0.15) is 62.9 Å². The highest BCUT2D eigenvalue weighted by Crippen LogP contribution is 2.37. The molecule has 1 fully saturated rings. The van der Waals surface area contributed by atoms with Crippen LogP contribution in [0.5, 0.6) is 5.75 Å². The fourth-order valence-electron chi connectivity index (χ4n) is 4.48. The molecule has 1 aromatic rings. The summed E-state index contributed by atoms with van der Waals surface area (Å²) in [4.78, 5) is 41.8. The molecular weight excluding hydrogens is 408 g/mol. The third kappa shape index (κ3) is 5.06. The molecule has 0 radical (unpaired) electrons. The molecule has 2 atom stereocenters. The van der Waals surface area contributed by atoms with E-state index in [0.29, 0.717) is 36.5 Å². The molecule has 0 saturated carbocycles. The lowest BCUT2D eigenvalue weighted by Crippen LogP contribution is -2.52. The highest BCUT2D eigenvalue weighted by atomic mass is 16.5. The predicted molar refractivity (Wildman–Crippen MR) is 124 cm³/mol. The van der Waals surface area contributed by atoms with Crippen LogP contribution < -0.4 is 20.3 Å². The van der Waals surface area contributed by atoms with Gasteiger partial charge in [0.15, 0.2) is 6.10 Å². The normalized spacial score (nSPS) is 20.6. The lowest BCUT2D eigenvalue weighted by atomic mass is 9.99. The topological polar surface area (TPSA) is 91.0 Å². The van der Waals surface area contributed by atoms with E-state index in [1.54, 1.807) is 24.8 Å². The summed E-state index contributed by atoms with van der Waals surface area (Å²) in [5.41, 5.74) is 1.98. The molecule has 0 aliphatic carbocycles. The smallest absolute Gasteiger partial charge is 0.267 e. The number of hydrogen-bond donors (Lipinski definition) is 2. The quantitative estimate of drug-likeness (QED) is 0.673. The summed E-state index contributed by atoms with van der Waals surface area (Å²) in [5.74, 6) is 0.317. The Kier molecular flexibility index (Phi) is 7.77. The van der Waals surface area contributed by atoms with E-state index in [2.05, 4.69) is 10.6 Å². The number of ether oxygens (including phenoxy) is 1. The standard InChI is InChI=1S/C24H36N4O4/c1-6-22(29)26-10-11-27-20-13-19(16(4)12-21(20)32-17(5)23(27)30)24(31)28(15(2)3)18-8-7-9-25-14-18/h12-13,15,17-18,25H,6-11,14H2,1-5H3,(H,26,29)/t17-,18+/m0/s1. The van der Waals surface area contributed by atoms with Crippen LogP contribution in [-0.2, 0) is 9.59 Å². The van der Waals surface area contributed by atoms with Crippen LogP contribution in [0.2, 0.25) is 0 Å². The molecule has 2 aliphatic heterocycles. The summed E-state index contributed by atoms with van der Waals surface area (Å²) in [6.07, 6.45) is 1.79. The number of carbonyl (C=O) groups excluding carboxylic acids is 3. The van der Waals surface area contributed by atoms with E-state index in [1.807, 2.05) is 31.7 Å². The number of carbonyl (C=O) groups is 3. The van der Waals surface area contributed by atoms with Crippen molar-refractivity contribution in [2.45, 2.75) is 72.1 Å². The van der Waals surface area contributed by atoms with Gasteiger partial charge in [0.25, 0.3) is 11.8 Å². The molecule has 3 rings (SSSR count). The summed E-state index contributed by atoms with van der Waals surface area (Å²) >= 11 is 0. The molecule has 8 nitrogen and oxygen atoms in total. The van der Waals surface area contributed by atoms with Gasteiger partial charge in [-0.25, -0.2) is 0 Å². The van der Waals surface area contributed by atoms with Gasteiger partial charge in [-0.05, 0) is 64.8 Å². The van der Waals surface area contributed by atoms with Crippen LogP contribution in [0.15, 0.2) is 12.1 Å². The summed E-state index contributed by atoms with van der Waals surface area (Å²) < 4.78 is 5.85. The molecule has 2 N–H and O–H groups in total. The number of piperidine rings is 1. The second-order valence-corrected chi connectivity index (χ2v) is 8.89. The van der Waals surface area contributed by atoms with Crippen molar-refractivity contribution in [2.24, 2.45) is 0 Å². The Morgan fingerprint density at radius 3 is 2.72 bits per heavy atom. The minimum atomic E-state index is -0.620. The lowest BCUT2D eigenvalue weighted by Gasteiger charge is -2.38. The molecule has 3 amide bonds. The van der Waals surface area contributed by atoms with E-state index in [9.17, 15) is 14.4 Å². The number of nitrogens with zero attached hydrogens (tertiary/aromatic N) is 2. The lowest BCUT2D eigenvalue weighted by molar-refractivity contribution is -0.126. The Morgan fingerprint density at radius 1 is 1.34 bits per heavy atom. The minimum absolute atomic E-state index is 0.0284. The Labute approximate surface area is 190 Å². The van der Waals surface area contributed by atoms with E-state index in [4.69, 9.17) is 4.74 Å². The Morgan fingerprint density at radius 2 is 2.09 bits per heavy atom. The molecule has 176 valence electrons. The van der Waals surface area contributed by atoms with Gasteiger partial charge in [-0.3, -0.25) is 14.4 Å². The number of nitrogens with one attached hydrogen (secondary N) is 2. The van der Waals surface area contributed by atoms with E-state index in [0.717, 1.165) is 31.5 Å². The number of aryl methyl sites for hydroxylation is 1. The van der Waals surface area contributed by atoms with E-state index < -0.39 is 6.10 Å². The van der Waals surface area contributed by atoms with Crippen LogP contribution in [0.3, 0.4) is 0 Å². The maximum absolute atomic E-state index is 13.7. The Bertz CT molecular complexity index is 864. The van der Waals surface area contributed by atoms with Crippen molar-refractivity contribution in [3.05, 3.63) is 23.3 Å². The average molecular weight is 445 g/mol. The molecule has 8 heteroatoms. The number of fused-ring (bicyclic) bond motifs is 1. The maximum atomic E-state index is 13.7. The largest absolute Gasteiger partial charge is 0.479 e. The van der Waals surface area contributed by atoms with Gasteiger partial charge in [-0.15, -0.1) is 0 Å². The number of hydrogen-bond acceptors (Lipinski definition) is 5. The average Bonchev–Trinajstić information content (AvgIpc) is 2.76. The molecule has 1 saturated heterocycles. The fourth-order valence-corrected chi connectivity index (χ4v) is 4.48. The van der Waals surface area contributed by atoms with Crippen LogP contribution >= 0.6 is 0 Å². The molecule has 2 aliphatic rings. The fraction of sp³-hybridized carbons (Fsp3) is 0.625. The van der Waals surface area contributed by atoms with E-state index in [1.165, 1.54) is 0 Å². The number of anilines is 1. The van der Waals surface area contributed by atoms with Gasteiger partial charge >= 0.3 is 0 Å². The second-order valence-electron chi connectivity index (χ2n) is 8.89. The maximum Gasteiger partial charge on any atom is 0.267 e. The van der Waals surface area contributed by atoms with Gasteiger partial charge in [-0.2, -0.15) is 0 Å². The summed E-state index contributed by atoms with van der Waals surface area (Å²) in [5, 5.41) is 6.21. The monoisotopic (exact) mass is 444 g/mol. The number of amides is 3. The third-order valence-electron chi connectivity index (χ3n) is 6.18. The van der Waals surface area contributed by atoms with Crippen molar-refractivity contribution in [3.8, 4) is 5.75 Å². The molecule has 1 aromatic carbocycles. The second kappa shape index (κ2) is 10.3. The zero-order chi connectivity index (χ0) is 23.4. The summed E-state index contributed by atoms with van der Waals surface area (Å²) in [7, 11) is 0. The van der Waals surface area contributed by atoms with E-state index in [-0.39, 0.29) is 29.8 Å². The van der Waals surface area contributed by atoms with Crippen LogP contribution in [-0.4, -0.2) is 67.0 Å². The van der Waals surface area contributed by atoms with Crippen molar-refractivity contribution >= 4 is 23.4 Å². The van der Waals surface area contributed by atoms with Crippen molar-refractivity contribution in [2.75, 3.05) is 31.1 Å². The van der Waals surface area contributed by atoms with Gasteiger partial charge < -0.3 is 25.2 Å². The zero-order valence-electron chi connectivity index (χ0n) is 19.9. The highest BCUT2D eigenvalue weighted by Gasteiger charge is 2.34. The number of benzene rings is 1. The molecule has 0 spiro atoms. The predicted octanol–water partition coefficient (Wildman–Crippen LogP) is 2.24. The van der Waals surface area contributed by atoms with E-state index >= 15 is 0 Å². The van der Waals surface area contributed by atoms with Gasteiger partial charge in [0.05, 0.1) is 5.69 Å². The molecule has 0 bridgehead atoms. The molecule has 2 heterocycles. The minimum Gasteiger partial charge on any atom is -0.479 e. The number of rotatable bonds is 7. The molecule has 0 aromatic heterocycles. The first kappa shape index (κ1) is 24.0. The first-order valence-electron chi connectivity index (χ1n) is 11.7. The Balaban J connectivity index is 1.92. The highest BCUT2D eigenvalue weighted by molar-refractivity contribution is 6.03. The van der Waals surface area contributed by atoms with Gasteiger partial charge in [0, 0.05) is 43.7 Å². The van der Waals surface area contributed by atoms with Crippen molar-refractivity contribution in [1.82, 2.24) is 15.5 Å². The summed E-state index contributed by atoms with van der Waals surface area (Å²) in [6.45, 7) is 11.9. The molecular formula is C24H36N4O4. The first-order chi connectivity index (χ1) is 15.2. The van der Waals surface area contributed by atoms with Crippen LogP contribution in [0.4, 0.5) is 5.69 Å².